The molecule has 0 spiro atoms. The minimum Gasteiger partial charge on any atom is -0.493 e. The van der Waals surface area contributed by atoms with E-state index in [-0.39, 0.29) is 23.9 Å². The maximum absolute atomic E-state index is 12.3. The summed E-state index contributed by atoms with van der Waals surface area (Å²) < 4.78 is 10.4. The topological polar surface area (TPSA) is 73.6 Å². The summed E-state index contributed by atoms with van der Waals surface area (Å²) in [6.45, 7) is 4.46. The molecule has 1 aromatic carbocycles. The van der Waals surface area contributed by atoms with Crippen LogP contribution in [0.15, 0.2) is 18.2 Å². The highest BCUT2D eigenvalue weighted by Gasteiger charge is 2.23. The van der Waals surface area contributed by atoms with Gasteiger partial charge in [-0.3, -0.25) is 4.79 Å². The van der Waals surface area contributed by atoms with E-state index in [1.54, 1.807) is 25.3 Å². The highest BCUT2D eigenvalue weighted by molar-refractivity contribution is 5.97. The zero-order chi connectivity index (χ0) is 15.2. The van der Waals surface area contributed by atoms with Crippen LogP contribution in [-0.4, -0.2) is 32.2 Å². The van der Waals surface area contributed by atoms with Gasteiger partial charge in [0.25, 0.3) is 5.91 Å². The zero-order valence-electron chi connectivity index (χ0n) is 13.1. The van der Waals surface area contributed by atoms with Crippen molar-refractivity contribution in [3.8, 4) is 11.5 Å². The van der Waals surface area contributed by atoms with E-state index in [9.17, 15) is 4.79 Å². The number of rotatable bonds is 7. The molecule has 0 atom stereocenters. The Morgan fingerprint density at radius 2 is 1.86 bits per heavy atom. The van der Waals surface area contributed by atoms with E-state index in [0.29, 0.717) is 23.6 Å². The first-order valence-electron chi connectivity index (χ1n) is 6.79. The van der Waals surface area contributed by atoms with E-state index in [1.165, 1.54) is 7.11 Å². The van der Waals surface area contributed by atoms with Gasteiger partial charge >= 0.3 is 0 Å². The summed E-state index contributed by atoms with van der Waals surface area (Å²) in [5.41, 5.74) is 6.25. The first-order chi connectivity index (χ1) is 9.51. The van der Waals surface area contributed by atoms with Gasteiger partial charge in [0, 0.05) is 12.1 Å². The number of nitrogens with one attached hydrogen (secondary N) is 1. The average Bonchev–Trinajstić information content (AvgIpc) is 2.51. The lowest BCUT2D eigenvalue weighted by molar-refractivity contribution is 0.0938. The molecule has 0 saturated carbocycles. The molecule has 0 aliphatic heterocycles. The molecule has 1 amide bonds. The van der Waals surface area contributed by atoms with Crippen LogP contribution >= 0.6 is 12.4 Å². The summed E-state index contributed by atoms with van der Waals surface area (Å²) in [6, 6.07) is 5.21. The second kappa shape index (κ2) is 8.74. The van der Waals surface area contributed by atoms with Gasteiger partial charge in [-0.25, -0.2) is 0 Å². The normalized spacial score (nSPS) is 10.5. The van der Waals surface area contributed by atoms with E-state index in [1.807, 2.05) is 13.8 Å². The third kappa shape index (κ3) is 4.79. The van der Waals surface area contributed by atoms with Crippen LogP contribution in [-0.2, 0) is 0 Å². The molecule has 0 unspecified atom stereocenters. The summed E-state index contributed by atoms with van der Waals surface area (Å²) in [5.74, 6) is 0.755. The first kappa shape index (κ1) is 19.5. The Labute approximate surface area is 132 Å². The minimum absolute atomic E-state index is 0. The van der Waals surface area contributed by atoms with Crippen LogP contribution in [0.5, 0.6) is 11.5 Å². The molecule has 120 valence electrons. The lowest BCUT2D eigenvalue weighted by Gasteiger charge is -2.27. The van der Waals surface area contributed by atoms with Gasteiger partial charge in [-0.2, -0.15) is 0 Å². The Morgan fingerprint density at radius 1 is 1.24 bits per heavy atom. The molecule has 0 aromatic heterocycles. The molecule has 1 aromatic rings. The fourth-order valence-electron chi connectivity index (χ4n) is 1.92. The number of hydrogen-bond donors (Lipinski definition) is 2. The molecule has 21 heavy (non-hydrogen) atoms. The highest BCUT2D eigenvalue weighted by Crippen LogP contribution is 2.30. The number of para-hydroxylation sites is 1. The number of amides is 1. The Morgan fingerprint density at radius 3 is 2.33 bits per heavy atom. The average molecular weight is 317 g/mol. The second-order valence-corrected chi connectivity index (χ2v) is 4.79. The second-order valence-electron chi connectivity index (χ2n) is 4.79. The van der Waals surface area contributed by atoms with Crippen molar-refractivity contribution in [2.75, 3.05) is 20.8 Å². The third-order valence-electron chi connectivity index (χ3n) is 3.66. The molecule has 3 N–H and O–H groups in total. The van der Waals surface area contributed by atoms with Crippen molar-refractivity contribution in [3.63, 3.8) is 0 Å². The zero-order valence-corrected chi connectivity index (χ0v) is 13.9. The Bertz CT molecular complexity index is 462. The van der Waals surface area contributed by atoms with Crippen LogP contribution in [0.2, 0.25) is 0 Å². The number of nitrogens with two attached hydrogens (primary N) is 1. The van der Waals surface area contributed by atoms with Crippen LogP contribution in [0.3, 0.4) is 0 Å². The lowest BCUT2D eigenvalue weighted by Crippen LogP contribution is -2.49. The van der Waals surface area contributed by atoms with Gasteiger partial charge in [0.05, 0.1) is 19.8 Å². The lowest BCUT2D eigenvalue weighted by atomic mass is 9.94. The maximum Gasteiger partial charge on any atom is 0.255 e. The van der Waals surface area contributed by atoms with Gasteiger partial charge in [0.15, 0.2) is 11.5 Å². The van der Waals surface area contributed by atoms with Crippen LogP contribution < -0.4 is 20.5 Å². The molecule has 0 radical (unpaired) electrons. The summed E-state index contributed by atoms with van der Waals surface area (Å²) >= 11 is 0. The SMILES string of the molecule is CCC(N)(CC)CNC(=O)c1cccc(OC)c1OC.Cl. The highest BCUT2D eigenvalue weighted by atomic mass is 35.5. The van der Waals surface area contributed by atoms with E-state index >= 15 is 0 Å². The fourth-order valence-corrected chi connectivity index (χ4v) is 1.92. The molecular formula is C15H25ClN2O3. The molecule has 0 bridgehead atoms. The fraction of sp³-hybridized carbons (Fsp3) is 0.533. The van der Waals surface area contributed by atoms with Crippen molar-refractivity contribution < 1.29 is 14.3 Å². The summed E-state index contributed by atoms with van der Waals surface area (Å²) in [6.07, 6.45) is 1.61. The predicted molar refractivity (Wildman–Crippen MR) is 86.6 cm³/mol. The smallest absolute Gasteiger partial charge is 0.255 e. The van der Waals surface area contributed by atoms with Crippen LogP contribution in [0.25, 0.3) is 0 Å². The van der Waals surface area contributed by atoms with Gasteiger partial charge < -0.3 is 20.5 Å². The molecule has 0 saturated heterocycles. The van der Waals surface area contributed by atoms with E-state index in [0.717, 1.165) is 12.8 Å². The molecule has 6 heteroatoms. The predicted octanol–water partition coefficient (Wildman–Crippen LogP) is 2.37. The van der Waals surface area contributed by atoms with E-state index < -0.39 is 0 Å². The number of methoxy groups -OCH3 is 2. The van der Waals surface area contributed by atoms with Gasteiger partial charge in [0.2, 0.25) is 0 Å². The Hall–Kier alpha value is -1.46. The number of hydrogen-bond acceptors (Lipinski definition) is 4. The molecular weight excluding hydrogens is 292 g/mol. The summed E-state index contributed by atoms with van der Waals surface area (Å²) in [7, 11) is 3.05. The van der Waals surface area contributed by atoms with E-state index in [2.05, 4.69) is 5.32 Å². The van der Waals surface area contributed by atoms with Gasteiger partial charge in [-0.05, 0) is 25.0 Å². The van der Waals surface area contributed by atoms with Gasteiger partial charge in [0.1, 0.15) is 0 Å². The molecule has 1 rings (SSSR count). The van der Waals surface area contributed by atoms with Crippen molar-refractivity contribution in [1.29, 1.82) is 0 Å². The molecule has 0 aliphatic rings. The Balaban J connectivity index is 0.00000400. The number of benzene rings is 1. The Kier molecular flexibility index (Phi) is 8.14. The van der Waals surface area contributed by atoms with Crippen molar-refractivity contribution >= 4 is 18.3 Å². The standard InChI is InChI=1S/C15H24N2O3.ClH/c1-5-15(16,6-2)10-17-14(18)11-8-7-9-12(19-3)13(11)20-4;/h7-9H,5-6,10,16H2,1-4H3,(H,17,18);1H. The number of carbonyl (C=O) groups is 1. The van der Waals surface area contributed by atoms with E-state index in [4.69, 9.17) is 15.2 Å². The minimum atomic E-state index is -0.373. The summed E-state index contributed by atoms with van der Waals surface area (Å²) in [4.78, 5) is 12.3. The van der Waals surface area contributed by atoms with Crippen molar-refractivity contribution in [2.24, 2.45) is 5.73 Å². The monoisotopic (exact) mass is 316 g/mol. The van der Waals surface area contributed by atoms with Crippen LogP contribution in [0, 0.1) is 0 Å². The van der Waals surface area contributed by atoms with Gasteiger partial charge in [-0.1, -0.05) is 19.9 Å². The van der Waals surface area contributed by atoms with Crippen LogP contribution in [0.4, 0.5) is 0 Å². The van der Waals surface area contributed by atoms with Crippen molar-refractivity contribution in [3.05, 3.63) is 23.8 Å². The molecule has 0 fully saturated rings. The van der Waals surface area contributed by atoms with Crippen molar-refractivity contribution in [2.45, 2.75) is 32.2 Å². The summed E-state index contributed by atoms with van der Waals surface area (Å²) in [5, 5.41) is 2.87. The third-order valence-corrected chi connectivity index (χ3v) is 3.66. The largest absolute Gasteiger partial charge is 0.493 e. The molecule has 0 heterocycles. The number of carbonyl (C=O) groups excluding carboxylic acids is 1. The van der Waals surface area contributed by atoms with Gasteiger partial charge in [-0.15, -0.1) is 12.4 Å². The quantitative estimate of drug-likeness (QED) is 0.810. The number of halogens is 1. The molecule has 0 aliphatic carbocycles. The van der Waals surface area contributed by atoms with Crippen LogP contribution in [0.1, 0.15) is 37.0 Å². The molecule has 5 nitrogen and oxygen atoms in total. The first-order valence-corrected chi connectivity index (χ1v) is 6.79. The maximum atomic E-state index is 12.3. The van der Waals surface area contributed by atoms with Crippen molar-refractivity contribution in [1.82, 2.24) is 5.32 Å². The number of ether oxygens (including phenoxy) is 2.